The van der Waals surface area contributed by atoms with E-state index in [0.29, 0.717) is 18.2 Å². The highest BCUT2D eigenvalue weighted by molar-refractivity contribution is 7.91. The Hall–Kier alpha value is -7.52. The van der Waals surface area contributed by atoms with E-state index in [2.05, 4.69) is 46.7 Å². The van der Waals surface area contributed by atoms with Gasteiger partial charge in [0, 0.05) is 22.6 Å². The van der Waals surface area contributed by atoms with Crippen LogP contribution in [0.2, 0.25) is 0 Å². The van der Waals surface area contributed by atoms with Crippen LogP contribution >= 0.6 is 0 Å². The topological polar surface area (TPSA) is 403 Å². The number of ketones is 1. The van der Waals surface area contributed by atoms with E-state index in [0.717, 1.165) is 30.3 Å². The van der Waals surface area contributed by atoms with Crippen LogP contribution in [-0.4, -0.2) is 101 Å². The van der Waals surface area contributed by atoms with E-state index in [-0.39, 0.29) is 45.9 Å². The number of nitrogens with zero attached hydrogens (tertiary/aromatic N) is 4. The highest BCUT2D eigenvalue weighted by Crippen LogP contribution is 2.35. The SMILES string of the molecule is O=C(Nc1cc(S(=O)(=O)O)cc2c1C(=O)/C(=N/Nc1cc(Nc3nc(Nc4ccc(S(=O)(=O)O)cc4)nc(Nc4cccc(B(O)O)c4)n3)ccc1S(=O)(=O)O)C(S(=O)(=O)O)=C2)c1ccccc1. The molecule has 1 heterocycles. The van der Waals surface area contributed by atoms with Crippen LogP contribution in [0.1, 0.15) is 26.3 Å². The first-order valence-corrected chi connectivity index (χ1v) is 24.4. The fraction of sp³-hybridized carbons (Fsp3) is 0. The predicted octanol–water partition coefficient (Wildman–Crippen LogP) is 2.67. The summed E-state index contributed by atoms with van der Waals surface area (Å²) in [6, 6.07) is 22.1. The molecule has 0 aliphatic heterocycles. The molecule has 68 heavy (non-hydrogen) atoms. The monoisotopic (exact) mass is 1010 g/mol. The van der Waals surface area contributed by atoms with Crippen molar-refractivity contribution in [3.63, 3.8) is 0 Å². The first-order chi connectivity index (χ1) is 31.8. The number of rotatable bonds is 15. The Morgan fingerprint density at radius 3 is 1.71 bits per heavy atom. The molecule has 1 aromatic heterocycles. The number of anilines is 8. The number of hydrogen-bond acceptors (Lipinski definition) is 20. The number of benzene rings is 5. The second-order valence-corrected chi connectivity index (χ2v) is 19.6. The molecule has 1 aliphatic carbocycles. The largest absolute Gasteiger partial charge is 0.488 e. The molecule has 6 aromatic rings. The van der Waals surface area contributed by atoms with Gasteiger partial charge in [-0.2, -0.15) is 53.7 Å². The van der Waals surface area contributed by atoms with Crippen molar-refractivity contribution in [2.45, 2.75) is 14.7 Å². The minimum absolute atomic E-state index is 0.0245. The van der Waals surface area contributed by atoms with Crippen LogP contribution in [0.15, 0.2) is 134 Å². The van der Waals surface area contributed by atoms with Crippen molar-refractivity contribution in [2.24, 2.45) is 5.10 Å². The first kappa shape index (κ1) is 48.4. The number of allylic oxidation sites excluding steroid dienone is 1. The Bertz CT molecular complexity index is 3570. The summed E-state index contributed by atoms with van der Waals surface area (Å²) in [6.45, 7) is 0. The third-order valence-electron chi connectivity index (χ3n) is 9.25. The molecule has 11 N–H and O–H groups in total. The molecule has 0 atom stereocenters. The van der Waals surface area contributed by atoms with Gasteiger partial charge in [0.2, 0.25) is 23.6 Å². The summed E-state index contributed by atoms with van der Waals surface area (Å²) in [6.07, 6.45) is 0.601. The van der Waals surface area contributed by atoms with Gasteiger partial charge < -0.3 is 31.3 Å². The second kappa shape index (κ2) is 18.6. The Morgan fingerprint density at radius 1 is 0.574 bits per heavy atom. The number of nitrogens with one attached hydrogen (secondary N) is 5. The molecule has 0 fully saturated rings. The smallest absolute Gasteiger partial charge is 0.423 e. The van der Waals surface area contributed by atoms with Crippen LogP contribution in [0, 0.1) is 0 Å². The molecule has 0 saturated carbocycles. The molecule has 0 radical (unpaired) electrons. The molecular weight excluding hydrogens is 978 g/mol. The average molecular weight is 1010 g/mol. The maximum Gasteiger partial charge on any atom is 0.488 e. The average Bonchev–Trinajstić information content (AvgIpc) is 3.25. The van der Waals surface area contributed by atoms with Crippen LogP contribution in [0.25, 0.3) is 6.08 Å². The fourth-order valence-corrected chi connectivity index (χ4v) is 8.54. The van der Waals surface area contributed by atoms with E-state index in [1.807, 2.05) is 0 Å². The lowest BCUT2D eigenvalue weighted by atomic mass is 9.80. The number of amides is 1. The molecule has 0 unspecified atom stereocenters. The molecule has 7 rings (SSSR count). The van der Waals surface area contributed by atoms with Crippen molar-refractivity contribution in [1.82, 2.24) is 15.0 Å². The van der Waals surface area contributed by atoms with Crippen molar-refractivity contribution in [1.29, 1.82) is 0 Å². The molecule has 25 nitrogen and oxygen atoms in total. The molecule has 30 heteroatoms. The highest BCUT2D eigenvalue weighted by atomic mass is 32.2. The third-order valence-corrected chi connectivity index (χ3v) is 12.7. The Labute approximate surface area is 384 Å². The lowest BCUT2D eigenvalue weighted by Gasteiger charge is -2.20. The minimum Gasteiger partial charge on any atom is -0.423 e. The molecule has 0 bridgehead atoms. The lowest BCUT2D eigenvalue weighted by molar-refractivity contribution is 0.102. The number of carbonyl (C=O) groups is 2. The zero-order valence-corrected chi connectivity index (χ0v) is 37.0. The summed E-state index contributed by atoms with van der Waals surface area (Å²) in [4.78, 5) is 36.7. The predicted molar refractivity (Wildman–Crippen MR) is 244 cm³/mol. The fourth-order valence-electron chi connectivity index (χ4n) is 6.23. The molecule has 5 aromatic carbocycles. The highest BCUT2D eigenvalue weighted by Gasteiger charge is 2.36. The summed E-state index contributed by atoms with van der Waals surface area (Å²) in [5.74, 6) is -2.99. The first-order valence-electron chi connectivity index (χ1n) is 18.7. The number of fused-ring (bicyclic) bond motifs is 1. The standard InChI is InChI=1S/C38H30BN9O16S4/c49-34-32-21(15-27(66(56,57)58)19-29(32)43-35(50)20-5-2-1-3-6-20)16-31(68(62,63)64)33(34)48-47-28-18-25(11-14-30(28)67(59,60)61)42-38-45-36(40-23-9-12-26(13-10-23)65(53,54)55)44-37(46-38)41-24-8-4-7-22(17-24)39(51)52/h1-19,47,51-52H,(H,43,50)(H,53,54,55)(H,56,57,58)(H,59,60,61)(H,62,63,64)(H3,40,41,42,44,45,46)/b48-33+. The maximum absolute atomic E-state index is 14.2. The van der Waals surface area contributed by atoms with Crippen molar-refractivity contribution in [3.8, 4) is 0 Å². The maximum atomic E-state index is 14.2. The third kappa shape index (κ3) is 11.4. The lowest BCUT2D eigenvalue weighted by Crippen LogP contribution is -2.29. The van der Waals surface area contributed by atoms with Gasteiger partial charge in [0.1, 0.15) is 9.80 Å². The summed E-state index contributed by atoms with van der Waals surface area (Å²) in [7, 11) is -22.1. The Balaban J connectivity index is 1.28. The molecular formula is C38H30BN9O16S4. The zero-order valence-electron chi connectivity index (χ0n) is 33.7. The quantitative estimate of drug-likeness (QED) is 0.0400. The van der Waals surface area contributed by atoms with Crippen LogP contribution in [0.3, 0.4) is 0 Å². The molecule has 350 valence electrons. The molecule has 1 amide bonds. The van der Waals surface area contributed by atoms with Crippen LogP contribution in [0.4, 0.5) is 46.3 Å². The van der Waals surface area contributed by atoms with Crippen molar-refractivity contribution >= 4 is 123 Å². The molecule has 1 aliphatic rings. The summed E-state index contributed by atoms with van der Waals surface area (Å²) < 4.78 is 138. The van der Waals surface area contributed by atoms with E-state index in [1.165, 1.54) is 60.7 Å². The van der Waals surface area contributed by atoms with Gasteiger partial charge in [-0.25, -0.2) is 0 Å². The van der Waals surface area contributed by atoms with E-state index in [4.69, 9.17) is 0 Å². The van der Waals surface area contributed by atoms with Gasteiger partial charge in [0.15, 0.2) is 5.71 Å². The summed E-state index contributed by atoms with van der Waals surface area (Å²) >= 11 is 0. The number of Topliss-reactive ketones (excluding diaryl/α,β-unsaturated/α-hetero) is 1. The van der Waals surface area contributed by atoms with Crippen LogP contribution in [-0.2, 0) is 40.5 Å². The summed E-state index contributed by atoms with van der Waals surface area (Å²) in [5, 5.41) is 33.9. The van der Waals surface area contributed by atoms with Gasteiger partial charge in [-0.15, -0.1) is 0 Å². The van der Waals surface area contributed by atoms with Gasteiger partial charge in [-0.1, -0.05) is 30.3 Å². The van der Waals surface area contributed by atoms with Crippen LogP contribution in [0.5, 0.6) is 0 Å². The van der Waals surface area contributed by atoms with Crippen molar-refractivity contribution in [3.05, 3.63) is 131 Å². The second-order valence-electron chi connectivity index (χ2n) is 14.0. The Morgan fingerprint density at radius 2 is 1.15 bits per heavy atom. The number of carbonyl (C=O) groups excluding carboxylic acids is 2. The van der Waals surface area contributed by atoms with Gasteiger partial charge in [-0.3, -0.25) is 33.2 Å². The number of hydrogen-bond donors (Lipinski definition) is 11. The zero-order chi connectivity index (χ0) is 49.3. The molecule has 0 saturated heterocycles. The van der Waals surface area contributed by atoms with Gasteiger partial charge in [0.05, 0.1) is 26.7 Å². The van der Waals surface area contributed by atoms with Gasteiger partial charge in [-0.05, 0) is 96.0 Å². The molecule has 0 spiro atoms. The van der Waals surface area contributed by atoms with Gasteiger partial charge in [0.25, 0.3) is 46.4 Å². The number of aromatic nitrogens is 3. The minimum atomic E-state index is -5.45. The van der Waals surface area contributed by atoms with E-state index >= 15 is 0 Å². The Kier molecular flexibility index (Phi) is 13.3. The van der Waals surface area contributed by atoms with Crippen LogP contribution < -0.4 is 32.2 Å². The van der Waals surface area contributed by atoms with E-state index in [1.54, 1.807) is 6.07 Å². The van der Waals surface area contributed by atoms with Crippen molar-refractivity contribution in [2.75, 3.05) is 26.7 Å². The normalized spacial score (nSPS) is 13.5. The summed E-state index contributed by atoms with van der Waals surface area (Å²) in [5.41, 5.74) is -0.810. The van der Waals surface area contributed by atoms with E-state index < -0.39 is 107 Å². The number of hydrazone groups is 1. The van der Waals surface area contributed by atoms with Gasteiger partial charge >= 0.3 is 7.12 Å². The van der Waals surface area contributed by atoms with E-state index in [9.17, 15) is 71.5 Å². The van der Waals surface area contributed by atoms with Crippen molar-refractivity contribution < 1.29 is 71.5 Å².